The lowest BCUT2D eigenvalue weighted by Gasteiger charge is -2.34. The van der Waals surface area contributed by atoms with Crippen molar-refractivity contribution in [2.24, 2.45) is 0 Å². The quantitative estimate of drug-likeness (QED) is 0.635. The number of aryl methyl sites for hydroxylation is 1. The molecule has 4 heterocycles. The number of hydrogen-bond donors (Lipinski definition) is 2. The summed E-state index contributed by atoms with van der Waals surface area (Å²) in [6.45, 7) is 5.77. The second kappa shape index (κ2) is 8.58. The number of piperazine rings is 1. The smallest absolute Gasteiger partial charge is 0.276 e. The highest BCUT2D eigenvalue weighted by Crippen LogP contribution is 2.22. The normalized spacial score (nSPS) is 14.9. The van der Waals surface area contributed by atoms with Gasteiger partial charge in [-0.2, -0.15) is 5.10 Å². The van der Waals surface area contributed by atoms with Crippen LogP contribution in [-0.4, -0.2) is 76.2 Å². The van der Waals surface area contributed by atoms with Crippen molar-refractivity contribution in [3.8, 4) is 10.6 Å². The molecule has 1 aliphatic heterocycles. The highest BCUT2D eigenvalue weighted by Gasteiger charge is 2.24. The van der Waals surface area contributed by atoms with E-state index in [1.165, 1.54) is 0 Å². The van der Waals surface area contributed by atoms with E-state index in [-0.39, 0.29) is 11.8 Å². The first kappa shape index (κ1) is 19.3. The lowest BCUT2D eigenvalue weighted by atomic mass is 10.2. The van der Waals surface area contributed by atoms with Crippen molar-refractivity contribution in [2.45, 2.75) is 6.92 Å². The van der Waals surface area contributed by atoms with Crippen LogP contribution in [0.25, 0.3) is 10.6 Å². The molecule has 1 saturated heterocycles. The summed E-state index contributed by atoms with van der Waals surface area (Å²) in [5, 5.41) is 15.7. The number of H-pyrrole nitrogens is 1. The summed E-state index contributed by atoms with van der Waals surface area (Å²) in [7, 11) is 0. The van der Waals surface area contributed by atoms with Crippen LogP contribution in [-0.2, 0) is 0 Å². The Balaban J connectivity index is 1.20. The molecule has 0 atom stereocenters. The van der Waals surface area contributed by atoms with Gasteiger partial charge in [-0.05, 0) is 24.4 Å². The molecule has 1 aliphatic rings. The Kier molecular flexibility index (Phi) is 5.72. The van der Waals surface area contributed by atoms with E-state index in [1.54, 1.807) is 35.3 Å². The molecule has 2 amide bonds. The van der Waals surface area contributed by atoms with Gasteiger partial charge in [-0.15, -0.1) is 11.3 Å². The van der Waals surface area contributed by atoms with Crippen molar-refractivity contribution in [2.75, 3.05) is 39.3 Å². The number of nitrogens with zero attached hydrogens (tertiary/aromatic N) is 4. The summed E-state index contributed by atoms with van der Waals surface area (Å²) in [4.78, 5) is 29.7. The predicted molar refractivity (Wildman–Crippen MR) is 108 cm³/mol. The second-order valence-corrected chi connectivity index (χ2v) is 7.80. The summed E-state index contributed by atoms with van der Waals surface area (Å²) >= 11 is 1.59. The van der Waals surface area contributed by atoms with Gasteiger partial charge < -0.3 is 14.7 Å². The van der Waals surface area contributed by atoms with Crippen LogP contribution in [0, 0.1) is 6.92 Å². The van der Waals surface area contributed by atoms with Gasteiger partial charge >= 0.3 is 0 Å². The largest absolute Gasteiger partial charge is 0.361 e. The van der Waals surface area contributed by atoms with Gasteiger partial charge in [0.25, 0.3) is 11.8 Å². The summed E-state index contributed by atoms with van der Waals surface area (Å²) in [6, 6.07) is 7.36. The number of thiophene rings is 1. The van der Waals surface area contributed by atoms with Crippen molar-refractivity contribution in [3.05, 3.63) is 46.8 Å². The molecule has 0 saturated carbocycles. The molecule has 3 aromatic heterocycles. The van der Waals surface area contributed by atoms with Gasteiger partial charge in [-0.1, -0.05) is 11.2 Å². The van der Waals surface area contributed by atoms with Crippen LogP contribution < -0.4 is 5.32 Å². The Morgan fingerprint density at radius 3 is 2.76 bits per heavy atom. The van der Waals surface area contributed by atoms with Crippen LogP contribution in [0.1, 0.15) is 26.7 Å². The van der Waals surface area contributed by atoms with Crippen LogP contribution in [0.3, 0.4) is 0 Å². The Morgan fingerprint density at radius 1 is 1.24 bits per heavy atom. The minimum Gasteiger partial charge on any atom is -0.361 e. The second-order valence-electron chi connectivity index (χ2n) is 6.86. The molecule has 0 unspecified atom stereocenters. The average Bonchev–Trinajstić information content (AvgIpc) is 3.49. The SMILES string of the molecule is Cc1cc(C(=O)N2CCN(CCNC(=O)c3cc(-c4cccs4)[nH]n3)CC2)no1. The summed E-state index contributed by atoms with van der Waals surface area (Å²) in [6.07, 6.45) is 0. The first-order valence-corrected chi connectivity index (χ1v) is 10.3. The molecule has 152 valence electrons. The molecule has 0 aromatic carbocycles. The third-order valence-corrected chi connectivity index (χ3v) is 5.72. The molecule has 0 bridgehead atoms. The van der Waals surface area contributed by atoms with Crippen LogP contribution >= 0.6 is 11.3 Å². The number of hydrogen-bond acceptors (Lipinski definition) is 7. The van der Waals surface area contributed by atoms with E-state index in [1.807, 2.05) is 17.5 Å². The van der Waals surface area contributed by atoms with Gasteiger partial charge in [-0.3, -0.25) is 19.6 Å². The molecule has 4 rings (SSSR count). The maximum absolute atomic E-state index is 12.4. The minimum absolute atomic E-state index is 0.102. The maximum atomic E-state index is 12.4. The van der Waals surface area contributed by atoms with E-state index in [9.17, 15) is 9.59 Å². The third-order valence-electron chi connectivity index (χ3n) is 4.82. The fourth-order valence-electron chi connectivity index (χ4n) is 3.22. The van der Waals surface area contributed by atoms with Crippen LogP contribution in [0.2, 0.25) is 0 Å². The molecule has 0 aliphatic carbocycles. The van der Waals surface area contributed by atoms with Gasteiger partial charge in [0.15, 0.2) is 11.4 Å². The Morgan fingerprint density at radius 2 is 2.07 bits per heavy atom. The van der Waals surface area contributed by atoms with E-state index >= 15 is 0 Å². The lowest BCUT2D eigenvalue weighted by molar-refractivity contribution is 0.0628. The van der Waals surface area contributed by atoms with E-state index in [2.05, 4.69) is 25.6 Å². The zero-order valence-corrected chi connectivity index (χ0v) is 16.9. The van der Waals surface area contributed by atoms with Crippen LogP contribution in [0.5, 0.6) is 0 Å². The molecule has 1 fully saturated rings. The molecule has 10 heteroatoms. The van der Waals surface area contributed by atoms with E-state index < -0.39 is 0 Å². The van der Waals surface area contributed by atoms with Gasteiger partial charge in [0.05, 0.1) is 10.6 Å². The molecule has 0 radical (unpaired) electrons. The Labute approximate surface area is 171 Å². The van der Waals surface area contributed by atoms with E-state index in [0.29, 0.717) is 36.8 Å². The van der Waals surface area contributed by atoms with Gasteiger partial charge in [0.2, 0.25) is 0 Å². The zero-order chi connectivity index (χ0) is 20.2. The average molecular weight is 414 g/mol. The first-order chi connectivity index (χ1) is 14.1. The van der Waals surface area contributed by atoms with Crippen molar-refractivity contribution in [3.63, 3.8) is 0 Å². The Bertz CT molecular complexity index is 972. The van der Waals surface area contributed by atoms with Gasteiger partial charge in [0.1, 0.15) is 5.76 Å². The predicted octanol–water partition coefficient (Wildman–Crippen LogP) is 1.62. The molecular weight excluding hydrogens is 392 g/mol. The zero-order valence-electron chi connectivity index (χ0n) is 16.1. The van der Waals surface area contributed by atoms with Crippen molar-refractivity contribution >= 4 is 23.2 Å². The number of nitrogens with one attached hydrogen (secondary N) is 2. The number of carbonyl (C=O) groups excluding carboxylic acids is 2. The fraction of sp³-hybridized carbons (Fsp3) is 0.368. The summed E-state index contributed by atoms with van der Waals surface area (Å²) in [5.74, 6) is 0.330. The number of aromatic nitrogens is 3. The number of aromatic amines is 1. The van der Waals surface area contributed by atoms with Crippen LogP contribution in [0.4, 0.5) is 0 Å². The topological polar surface area (TPSA) is 107 Å². The van der Waals surface area contributed by atoms with Gasteiger partial charge in [0, 0.05) is 45.3 Å². The summed E-state index contributed by atoms with van der Waals surface area (Å²) < 4.78 is 4.98. The Hall–Kier alpha value is -2.98. The number of amides is 2. The highest BCUT2D eigenvalue weighted by molar-refractivity contribution is 7.13. The van der Waals surface area contributed by atoms with Crippen molar-refractivity contribution in [1.82, 2.24) is 30.5 Å². The number of carbonyl (C=O) groups is 2. The highest BCUT2D eigenvalue weighted by atomic mass is 32.1. The maximum Gasteiger partial charge on any atom is 0.276 e. The van der Waals surface area contributed by atoms with Crippen LogP contribution in [0.15, 0.2) is 34.2 Å². The van der Waals surface area contributed by atoms with Gasteiger partial charge in [-0.25, -0.2) is 0 Å². The van der Waals surface area contributed by atoms with Crippen molar-refractivity contribution in [1.29, 1.82) is 0 Å². The molecule has 3 aromatic rings. The third kappa shape index (κ3) is 4.54. The fourth-order valence-corrected chi connectivity index (χ4v) is 3.91. The van der Waals surface area contributed by atoms with E-state index in [0.717, 1.165) is 30.2 Å². The van der Waals surface area contributed by atoms with E-state index in [4.69, 9.17) is 4.52 Å². The summed E-state index contributed by atoms with van der Waals surface area (Å²) in [5.41, 5.74) is 1.57. The molecule has 0 spiro atoms. The lowest BCUT2D eigenvalue weighted by Crippen LogP contribution is -2.50. The monoisotopic (exact) mass is 414 g/mol. The molecular formula is C19H22N6O3S. The molecule has 29 heavy (non-hydrogen) atoms. The molecule has 2 N–H and O–H groups in total. The first-order valence-electron chi connectivity index (χ1n) is 9.42. The number of rotatable bonds is 6. The molecule has 9 nitrogen and oxygen atoms in total. The minimum atomic E-state index is -0.195. The standard InChI is InChI=1S/C19H22N6O3S/c1-13-11-16(23-28-13)19(27)25-8-6-24(7-9-25)5-4-20-18(26)15-12-14(21-22-15)17-3-2-10-29-17/h2-3,10-12H,4-9H2,1H3,(H,20,26)(H,21,22). The van der Waals surface area contributed by atoms with Crippen molar-refractivity contribution < 1.29 is 14.1 Å².